The summed E-state index contributed by atoms with van der Waals surface area (Å²) in [4.78, 5) is 30.8. The van der Waals surface area contributed by atoms with Gasteiger partial charge in [0.05, 0.1) is 19.0 Å². The molecule has 0 aliphatic carbocycles. The molecule has 1 aliphatic heterocycles. The van der Waals surface area contributed by atoms with Gasteiger partial charge in [-0.05, 0) is 35.9 Å². The summed E-state index contributed by atoms with van der Waals surface area (Å²) >= 11 is 6.35. The van der Waals surface area contributed by atoms with Gasteiger partial charge in [0.1, 0.15) is 17.2 Å². The maximum atomic E-state index is 13.7. The van der Waals surface area contributed by atoms with Crippen LogP contribution in [0.2, 0.25) is 0 Å². The first-order valence-corrected chi connectivity index (χ1v) is 12.0. The molecule has 0 spiro atoms. The number of ether oxygens (including phenoxy) is 1. The monoisotopic (exact) mass is 516 g/mol. The molecule has 37 heavy (non-hydrogen) atoms. The van der Waals surface area contributed by atoms with Crippen molar-refractivity contribution < 1.29 is 19.4 Å². The topological polar surface area (TPSA) is 136 Å². The van der Waals surface area contributed by atoms with Gasteiger partial charge in [0.15, 0.2) is 5.69 Å². The average Bonchev–Trinajstić information content (AvgIpc) is 3.66. The number of aromatic hydroxyl groups is 1. The average molecular weight is 517 g/mol. The van der Waals surface area contributed by atoms with Crippen molar-refractivity contribution in [3.63, 3.8) is 0 Å². The maximum Gasteiger partial charge on any atom is 0.277 e. The number of phenolic OH excluding ortho intramolecular Hbond substituents is 1. The predicted molar refractivity (Wildman–Crippen MR) is 140 cm³/mol. The minimum absolute atomic E-state index is 0.0600. The molecule has 5 aromatic rings. The molecule has 2 aromatic heterocycles. The van der Waals surface area contributed by atoms with E-state index in [1.165, 1.54) is 6.20 Å². The molecule has 0 radical (unpaired) electrons. The van der Waals surface area contributed by atoms with Gasteiger partial charge in [-0.15, -0.1) is 11.6 Å². The van der Waals surface area contributed by atoms with Gasteiger partial charge in [-0.2, -0.15) is 15.4 Å². The Morgan fingerprint density at radius 3 is 2.86 bits per heavy atom. The number of fused-ring (bicyclic) bond motifs is 4. The van der Waals surface area contributed by atoms with E-state index in [0.717, 1.165) is 21.9 Å². The number of benzene rings is 3. The zero-order chi connectivity index (χ0) is 25.7. The normalized spacial score (nSPS) is 14.8. The van der Waals surface area contributed by atoms with Crippen molar-refractivity contribution in [2.45, 2.75) is 5.92 Å². The second-order valence-electron chi connectivity index (χ2n) is 8.77. The minimum Gasteiger partial charge on any atom is -0.507 e. The van der Waals surface area contributed by atoms with Crippen LogP contribution in [-0.4, -0.2) is 56.9 Å². The Morgan fingerprint density at radius 2 is 2.11 bits per heavy atom. The molecule has 11 heteroatoms. The highest BCUT2D eigenvalue weighted by Gasteiger charge is 2.36. The fraction of sp³-hybridized carbons (Fsp3) is 0.154. The summed E-state index contributed by atoms with van der Waals surface area (Å²) in [6, 6.07) is 14.1. The molecule has 0 saturated carbocycles. The standard InChI is InChI=1S/C26H21ClN6O4/c1-37-22-4-2-3-16-21(34)9-20-23(24(16)22)14(10-27)12-33(20)26(36)18-8-13-7-15(5-6-17(13)30-18)29-25(35)19-11-28-32-31-19/h2-9,11,14,30,34H,10,12H2,1H3,(H,29,35)(H,28,31,32). The van der Waals surface area contributed by atoms with Crippen molar-refractivity contribution in [1.82, 2.24) is 20.4 Å². The third-order valence-corrected chi connectivity index (χ3v) is 7.00. The van der Waals surface area contributed by atoms with E-state index in [2.05, 4.69) is 25.7 Å². The van der Waals surface area contributed by atoms with Crippen LogP contribution in [0.4, 0.5) is 11.4 Å². The summed E-state index contributed by atoms with van der Waals surface area (Å²) in [6.07, 6.45) is 1.33. The van der Waals surface area contributed by atoms with Gasteiger partial charge < -0.3 is 25.0 Å². The summed E-state index contributed by atoms with van der Waals surface area (Å²) in [6.45, 7) is 0.364. The minimum atomic E-state index is -0.400. The zero-order valence-electron chi connectivity index (χ0n) is 19.6. The molecule has 2 amide bonds. The number of halogens is 1. The second-order valence-corrected chi connectivity index (χ2v) is 9.08. The molecule has 3 heterocycles. The van der Waals surface area contributed by atoms with Crippen molar-refractivity contribution in [2.24, 2.45) is 0 Å². The first kappa shape index (κ1) is 22.9. The number of alkyl halides is 1. The smallest absolute Gasteiger partial charge is 0.277 e. The summed E-state index contributed by atoms with van der Waals surface area (Å²) in [5.41, 5.74) is 3.30. The van der Waals surface area contributed by atoms with Crippen LogP contribution in [0.5, 0.6) is 11.5 Å². The number of phenols is 1. The van der Waals surface area contributed by atoms with E-state index in [1.807, 2.05) is 18.2 Å². The quantitative estimate of drug-likeness (QED) is 0.256. The number of methoxy groups -OCH3 is 1. The Balaban J connectivity index is 1.36. The van der Waals surface area contributed by atoms with Crippen molar-refractivity contribution in [1.29, 1.82) is 0 Å². The number of carbonyl (C=O) groups excluding carboxylic acids is 2. The van der Waals surface area contributed by atoms with E-state index in [9.17, 15) is 14.7 Å². The third-order valence-electron chi connectivity index (χ3n) is 6.63. The van der Waals surface area contributed by atoms with Crippen LogP contribution in [0.15, 0.2) is 54.7 Å². The number of nitrogens with zero attached hydrogens (tertiary/aromatic N) is 3. The highest BCUT2D eigenvalue weighted by molar-refractivity contribution is 6.19. The van der Waals surface area contributed by atoms with Gasteiger partial charge >= 0.3 is 0 Å². The Kier molecular flexibility index (Phi) is 5.45. The summed E-state index contributed by atoms with van der Waals surface area (Å²) in [7, 11) is 1.58. The zero-order valence-corrected chi connectivity index (χ0v) is 20.3. The van der Waals surface area contributed by atoms with Crippen LogP contribution in [0.25, 0.3) is 21.7 Å². The molecule has 3 aromatic carbocycles. The number of hydrogen-bond donors (Lipinski definition) is 4. The molecule has 1 atom stereocenters. The summed E-state index contributed by atoms with van der Waals surface area (Å²) < 4.78 is 5.58. The van der Waals surface area contributed by atoms with Crippen LogP contribution in [-0.2, 0) is 0 Å². The predicted octanol–water partition coefficient (Wildman–Crippen LogP) is 4.39. The van der Waals surface area contributed by atoms with Crippen LogP contribution in [0, 0.1) is 0 Å². The van der Waals surface area contributed by atoms with Crippen LogP contribution < -0.4 is 15.0 Å². The number of hydrogen-bond acceptors (Lipinski definition) is 6. The number of amides is 2. The molecule has 1 unspecified atom stereocenters. The lowest BCUT2D eigenvalue weighted by atomic mass is 9.94. The van der Waals surface area contributed by atoms with Crippen LogP contribution >= 0.6 is 11.6 Å². The molecule has 10 nitrogen and oxygen atoms in total. The SMILES string of the molecule is COc1cccc2c(O)cc3c(c12)C(CCl)CN3C(=O)c1cc2cc(NC(=O)c3cn[nH]n3)ccc2[nH]1. The van der Waals surface area contributed by atoms with E-state index >= 15 is 0 Å². The van der Waals surface area contributed by atoms with E-state index in [-0.39, 0.29) is 23.3 Å². The van der Waals surface area contributed by atoms with Crippen molar-refractivity contribution in [3.05, 3.63) is 71.7 Å². The van der Waals surface area contributed by atoms with E-state index in [1.54, 1.807) is 42.3 Å². The Bertz CT molecular complexity index is 1680. The lowest BCUT2D eigenvalue weighted by Gasteiger charge is -2.18. The molecule has 0 saturated heterocycles. The second kappa shape index (κ2) is 8.82. The number of H-pyrrole nitrogens is 2. The first-order chi connectivity index (χ1) is 18.0. The number of nitrogens with one attached hydrogen (secondary N) is 3. The van der Waals surface area contributed by atoms with E-state index < -0.39 is 5.91 Å². The van der Waals surface area contributed by atoms with Gasteiger partial charge in [0, 0.05) is 51.8 Å². The lowest BCUT2D eigenvalue weighted by Crippen LogP contribution is -2.30. The molecular formula is C26H21ClN6O4. The molecule has 6 rings (SSSR count). The lowest BCUT2D eigenvalue weighted by molar-refractivity contribution is 0.0982. The number of aromatic nitrogens is 4. The summed E-state index contributed by atoms with van der Waals surface area (Å²) in [5.74, 6) is 0.179. The number of rotatable bonds is 5. The molecule has 186 valence electrons. The fourth-order valence-electron chi connectivity index (χ4n) is 4.95. The highest BCUT2D eigenvalue weighted by Crippen LogP contribution is 2.48. The molecule has 0 fully saturated rings. The number of aromatic amines is 2. The Hall–Kier alpha value is -4.57. The largest absolute Gasteiger partial charge is 0.507 e. The number of anilines is 2. The molecule has 4 N–H and O–H groups in total. The Labute approximate surface area is 215 Å². The van der Waals surface area contributed by atoms with Gasteiger partial charge in [-0.25, -0.2) is 0 Å². The van der Waals surface area contributed by atoms with Gasteiger partial charge in [-0.1, -0.05) is 12.1 Å². The maximum absolute atomic E-state index is 13.7. The van der Waals surface area contributed by atoms with Gasteiger partial charge in [-0.3, -0.25) is 9.59 Å². The highest BCUT2D eigenvalue weighted by atomic mass is 35.5. The molecule has 1 aliphatic rings. The number of carbonyl (C=O) groups is 2. The summed E-state index contributed by atoms with van der Waals surface area (Å²) in [5, 5.41) is 25.5. The first-order valence-electron chi connectivity index (χ1n) is 11.5. The van der Waals surface area contributed by atoms with Crippen LogP contribution in [0.3, 0.4) is 0 Å². The van der Waals surface area contributed by atoms with E-state index in [4.69, 9.17) is 16.3 Å². The molecule has 0 bridgehead atoms. The van der Waals surface area contributed by atoms with Gasteiger partial charge in [0.2, 0.25) is 0 Å². The van der Waals surface area contributed by atoms with Crippen molar-refractivity contribution in [3.8, 4) is 11.5 Å². The van der Waals surface area contributed by atoms with Crippen LogP contribution in [0.1, 0.15) is 32.5 Å². The van der Waals surface area contributed by atoms with Crippen molar-refractivity contribution in [2.75, 3.05) is 29.8 Å². The van der Waals surface area contributed by atoms with Crippen molar-refractivity contribution >= 4 is 56.5 Å². The Morgan fingerprint density at radius 1 is 1.24 bits per heavy atom. The van der Waals surface area contributed by atoms with Gasteiger partial charge in [0.25, 0.3) is 11.8 Å². The third kappa shape index (κ3) is 3.73. The molecular weight excluding hydrogens is 496 g/mol. The fourth-order valence-corrected chi connectivity index (χ4v) is 5.20. The van der Waals surface area contributed by atoms with E-state index in [0.29, 0.717) is 40.6 Å².